The van der Waals surface area contributed by atoms with E-state index in [1.807, 2.05) is 97.1 Å². The molecule has 0 aliphatic rings. The molecule has 0 bridgehead atoms. The summed E-state index contributed by atoms with van der Waals surface area (Å²) in [5.41, 5.74) is 15.8. The summed E-state index contributed by atoms with van der Waals surface area (Å²) in [7, 11) is 0. The molecule has 1 N–H and O–H groups in total. The van der Waals surface area contributed by atoms with Crippen molar-refractivity contribution in [2.75, 3.05) is 0 Å². The average Bonchev–Trinajstić information content (AvgIpc) is 3.75. The fourth-order valence-electron chi connectivity index (χ4n) is 9.10. The van der Waals surface area contributed by atoms with Gasteiger partial charge < -0.3 is 5.11 Å². The number of hydrogen-bond acceptors (Lipinski definition) is 3. The molecule has 0 saturated carbocycles. The van der Waals surface area contributed by atoms with Crippen molar-refractivity contribution in [3.8, 4) is 89.7 Å². The topological polar surface area (TPSA) is 50.9 Å². The van der Waals surface area contributed by atoms with Crippen LogP contribution in [0.15, 0.2) is 194 Å². The van der Waals surface area contributed by atoms with Crippen molar-refractivity contribution in [1.82, 2.24) is 14.5 Å². The summed E-state index contributed by atoms with van der Waals surface area (Å²) in [5, 5.41) is 12.3. The molecule has 5 heteroatoms. The van der Waals surface area contributed by atoms with Crippen molar-refractivity contribution in [1.29, 1.82) is 0 Å². The number of rotatable bonds is 8. The van der Waals surface area contributed by atoms with Crippen LogP contribution in [0.25, 0.3) is 95.0 Å². The van der Waals surface area contributed by atoms with Crippen LogP contribution in [-0.2, 0) is 31.9 Å². The van der Waals surface area contributed by atoms with Crippen molar-refractivity contribution >= 4 is 11.0 Å². The van der Waals surface area contributed by atoms with Gasteiger partial charge in [-0.25, -0.2) is 4.98 Å². The van der Waals surface area contributed by atoms with Gasteiger partial charge in [0.1, 0.15) is 11.6 Å². The first-order valence-corrected chi connectivity index (χ1v) is 22.9. The Balaban J connectivity index is 0.00000624. The number of para-hydroxylation sites is 2. The zero-order valence-electron chi connectivity index (χ0n) is 42.1. The average molecular weight is 1070 g/mol. The predicted octanol–water partition coefficient (Wildman–Crippen LogP) is 16.5. The van der Waals surface area contributed by atoms with Gasteiger partial charge in [-0.15, -0.1) is 23.8 Å². The van der Waals surface area contributed by atoms with Crippen LogP contribution >= 0.6 is 0 Å². The number of aromatic nitrogens is 3. The zero-order valence-corrected chi connectivity index (χ0v) is 41.4. The molecule has 4 nitrogen and oxygen atoms in total. The predicted molar refractivity (Wildman–Crippen MR) is 280 cm³/mol. The quantitative estimate of drug-likeness (QED) is 0.154. The summed E-state index contributed by atoms with van der Waals surface area (Å²) < 4.78 is 27.2. The van der Waals surface area contributed by atoms with Gasteiger partial charge in [0, 0.05) is 42.6 Å². The van der Waals surface area contributed by atoms with Crippen molar-refractivity contribution in [2.24, 2.45) is 0 Å². The Hall–Kier alpha value is -7.13. The first kappa shape index (κ1) is 42.2. The number of phenols is 1. The van der Waals surface area contributed by atoms with E-state index in [1.54, 1.807) is 12.3 Å². The minimum absolute atomic E-state index is 0. The van der Waals surface area contributed by atoms with E-state index in [4.69, 9.17) is 14.1 Å². The van der Waals surface area contributed by atoms with Crippen LogP contribution in [0.1, 0.15) is 62.3 Å². The SMILES string of the molecule is [2H]C([2H])([2H])c1ccc(-c2ccnc(-c3[c-]c(-c4cccc5c4nc(-c4cccc(C(C)(C)C)c4O)n5-c4ccc(C(C)(C)C)cc4-c4ccccc4)cc(-c4ccccc4)c3)c2)cc1-c1ccccc1.[Pt]. The fraction of sp³-hybridized carbons (Fsp3) is 0.143. The molecule has 0 unspecified atom stereocenters. The largest absolute Gasteiger partial charge is 0.507 e. The number of imidazole rings is 1. The number of pyridine rings is 1. The summed E-state index contributed by atoms with van der Waals surface area (Å²) in [6.07, 6.45) is 1.80. The van der Waals surface area contributed by atoms with Crippen molar-refractivity contribution in [2.45, 2.75) is 59.2 Å². The maximum absolute atomic E-state index is 12.3. The van der Waals surface area contributed by atoms with E-state index in [2.05, 4.69) is 137 Å². The minimum Gasteiger partial charge on any atom is -0.507 e. The first-order valence-electron chi connectivity index (χ1n) is 24.4. The van der Waals surface area contributed by atoms with E-state index in [0.29, 0.717) is 28.2 Å². The van der Waals surface area contributed by atoms with Crippen molar-refractivity contribution < 1.29 is 30.3 Å². The first-order chi connectivity index (χ1) is 33.5. The third-order valence-electron chi connectivity index (χ3n) is 12.7. The monoisotopic (exact) mass is 1070 g/mol. The molecule has 2 aromatic heterocycles. The van der Waals surface area contributed by atoms with E-state index in [9.17, 15) is 5.11 Å². The van der Waals surface area contributed by atoms with Gasteiger partial charge in [-0.1, -0.05) is 198 Å². The van der Waals surface area contributed by atoms with Crippen LogP contribution in [0.3, 0.4) is 0 Å². The van der Waals surface area contributed by atoms with Gasteiger partial charge in [-0.3, -0.25) is 9.55 Å². The molecule has 0 fully saturated rings. The molecule has 0 amide bonds. The van der Waals surface area contributed by atoms with Crippen LogP contribution in [0.4, 0.5) is 0 Å². The van der Waals surface area contributed by atoms with Crippen LogP contribution in [0.2, 0.25) is 0 Å². The molecule has 0 spiro atoms. The van der Waals surface area contributed by atoms with E-state index in [1.165, 1.54) is 5.56 Å². The molecule has 0 atom stereocenters. The zero-order chi connectivity index (χ0) is 49.0. The third-order valence-corrected chi connectivity index (χ3v) is 12.7. The van der Waals surface area contributed by atoms with Gasteiger partial charge in [-0.05, 0) is 104 Å². The van der Waals surface area contributed by atoms with Crippen LogP contribution < -0.4 is 0 Å². The Morgan fingerprint density at radius 1 is 0.515 bits per heavy atom. The summed E-state index contributed by atoms with van der Waals surface area (Å²) in [6.45, 7) is 10.8. The number of hydrogen-bond donors (Lipinski definition) is 1. The maximum atomic E-state index is 12.3. The van der Waals surface area contributed by atoms with Crippen LogP contribution in [0.5, 0.6) is 5.75 Å². The maximum Gasteiger partial charge on any atom is 0.148 e. The Kier molecular flexibility index (Phi) is 11.5. The molecular formula is C63H54N3OPt-. The number of aromatic hydroxyl groups is 1. The fourth-order valence-corrected chi connectivity index (χ4v) is 9.10. The summed E-state index contributed by atoms with van der Waals surface area (Å²) in [6, 6.07) is 67.1. The van der Waals surface area contributed by atoms with E-state index in [0.717, 1.165) is 77.9 Å². The van der Waals surface area contributed by atoms with E-state index >= 15 is 0 Å². The second kappa shape index (κ2) is 18.5. The normalized spacial score (nSPS) is 12.5. The Morgan fingerprint density at radius 3 is 1.82 bits per heavy atom. The number of aryl methyl sites for hydroxylation is 1. The number of benzene rings is 8. The molecule has 0 aliphatic carbocycles. The van der Waals surface area contributed by atoms with E-state index in [-0.39, 0.29) is 37.6 Å². The van der Waals surface area contributed by atoms with Crippen LogP contribution in [-0.4, -0.2) is 19.6 Å². The second-order valence-corrected chi connectivity index (χ2v) is 19.4. The molecule has 8 aromatic carbocycles. The molecular weight excluding hydrogens is 1010 g/mol. The smallest absolute Gasteiger partial charge is 0.148 e. The van der Waals surface area contributed by atoms with Gasteiger partial charge >= 0.3 is 0 Å². The molecule has 0 radical (unpaired) electrons. The standard InChI is InChI=1S/C63H54N3O.Pt/c1-41-29-30-45(38-53(41)43-21-13-9-14-22-43)46-33-34-64-56(39-46)49-36-47(42-19-11-8-12-20-42)35-48(37-49)51-25-18-28-58-59(51)65-61(52-26-17-27-55(60(52)67)63(5,6)7)66(58)57-32-31-50(62(2,3)4)40-54(57)44-23-15-10-16-24-44;/h8-36,38-40,67H,1-7H3;/q-1;/i1D3;. The van der Waals surface area contributed by atoms with Gasteiger partial charge in [-0.2, -0.15) is 0 Å². The Labute approximate surface area is 419 Å². The molecule has 0 aliphatic heterocycles. The van der Waals surface area contributed by atoms with Crippen molar-refractivity contribution in [3.05, 3.63) is 217 Å². The third kappa shape index (κ3) is 8.90. The molecule has 10 rings (SSSR count). The summed E-state index contributed by atoms with van der Waals surface area (Å²) in [5.74, 6) is 0.829. The van der Waals surface area contributed by atoms with Gasteiger partial charge in [0.25, 0.3) is 0 Å². The van der Waals surface area contributed by atoms with E-state index < -0.39 is 6.85 Å². The Morgan fingerprint density at radius 2 is 1.15 bits per heavy atom. The Bertz CT molecular complexity index is 3550. The van der Waals surface area contributed by atoms with Crippen molar-refractivity contribution in [3.63, 3.8) is 0 Å². The molecule has 10 aromatic rings. The second-order valence-electron chi connectivity index (χ2n) is 19.4. The summed E-state index contributed by atoms with van der Waals surface area (Å²) in [4.78, 5) is 10.5. The van der Waals surface area contributed by atoms with Gasteiger partial charge in [0.15, 0.2) is 0 Å². The summed E-state index contributed by atoms with van der Waals surface area (Å²) >= 11 is 0. The van der Waals surface area contributed by atoms with Gasteiger partial charge in [0.2, 0.25) is 0 Å². The van der Waals surface area contributed by atoms with Crippen LogP contribution in [0, 0.1) is 12.9 Å². The molecule has 338 valence electrons. The molecule has 2 heterocycles. The number of nitrogens with zero attached hydrogens (tertiary/aromatic N) is 3. The number of phenolic OH excluding ortho intramolecular Hbond substituents is 1. The number of fused-ring (bicyclic) bond motifs is 1. The molecule has 0 saturated heterocycles. The minimum atomic E-state index is -2.28. The molecule has 68 heavy (non-hydrogen) atoms. The van der Waals surface area contributed by atoms with Gasteiger partial charge in [0.05, 0.1) is 22.3 Å².